The fourth-order valence-electron chi connectivity index (χ4n) is 10.4. The summed E-state index contributed by atoms with van der Waals surface area (Å²) < 4.78 is 32.0. The molecular formula is C66H115N11O15S. The first-order valence-corrected chi connectivity index (χ1v) is 36.3. The van der Waals surface area contributed by atoms with Gasteiger partial charge >= 0.3 is 11.9 Å². The number of nitrogens with zero attached hydrogens (tertiary/aromatic N) is 4. The first kappa shape index (κ1) is 84.7. The summed E-state index contributed by atoms with van der Waals surface area (Å²) in [7, 11) is -3.78. The number of carboxylic acid groups (broad SMARTS) is 2. The van der Waals surface area contributed by atoms with Crippen LogP contribution in [0.1, 0.15) is 276 Å². The van der Waals surface area contributed by atoms with Gasteiger partial charge < -0.3 is 36.3 Å². The molecule has 0 spiro atoms. The summed E-state index contributed by atoms with van der Waals surface area (Å²) >= 11 is 0. The van der Waals surface area contributed by atoms with Crippen LogP contribution in [0.15, 0.2) is 12.5 Å². The van der Waals surface area contributed by atoms with Crippen LogP contribution in [0, 0.1) is 11.8 Å². The zero-order valence-corrected chi connectivity index (χ0v) is 56.9. The summed E-state index contributed by atoms with van der Waals surface area (Å²) in [4.78, 5) is 126. The third kappa shape index (κ3) is 50.8. The first-order chi connectivity index (χ1) is 44.7. The number of sulfonamides is 1. The van der Waals surface area contributed by atoms with Crippen molar-refractivity contribution in [1.82, 2.24) is 51.3 Å². The van der Waals surface area contributed by atoms with Crippen LogP contribution in [0.5, 0.6) is 0 Å². The van der Waals surface area contributed by atoms with E-state index in [1.807, 2.05) is 13.8 Å². The number of aromatic amines is 2. The van der Waals surface area contributed by atoms with Gasteiger partial charge in [0.25, 0.3) is 0 Å². The van der Waals surface area contributed by atoms with Crippen LogP contribution >= 0.6 is 0 Å². The molecule has 27 heteroatoms. The van der Waals surface area contributed by atoms with E-state index in [0.717, 1.165) is 114 Å². The van der Waals surface area contributed by atoms with Crippen LogP contribution in [0.3, 0.4) is 0 Å². The number of tetrazole rings is 1. The minimum Gasteiger partial charge on any atom is -0.481 e. The highest BCUT2D eigenvalue weighted by Crippen LogP contribution is 2.21. The van der Waals surface area contributed by atoms with Crippen LogP contribution < -0.4 is 26.4 Å². The second kappa shape index (κ2) is 56.0. The van der Waals surface area contributed by atoms with Gasteiger partial charge in [0.1, 0.15) is 23.1 Å². The Morgan fingerprint density at radius 2 is 1.05 bits per heavy atom. The lowest BCUT2D eigenvalue weighted by Gasteiger charge is -2.14. The van der Waals surface area contributed by atoms with Crippen LogP contribution in [-0.2, 0) is 75.5 Å². The van der Waals surface area contributed by atoms with Crippen LogP contribution in [0.4, 0.5) is 0 Å². The van der Waals surface area contributed by atoms with Gasteiger partial charge in [-0.15, -0.1) is 10.2 Å². The lowest BCUT2D eigenvalue weighted by Crippen LogP contribution is -2.43. The molecule has 4 amide bonds. The number of hydrogen-bond donors (Lipinski definition) is 9. The molecule has 2 aromatic rings. The molecule has 0 aliphatic rings. The van der Waals surface area contributed by atoms with Gasteiger partial charge in [-0.05, 0) is 71.1 Å². The summed E-state index contributed by atoms with van der Waals surface area (Å²) in [6.07, 6.45) is 32.3. The molecular weight excluding hydrogens is 1220 g/mol. The molecule has 2 aromatic heterocycles. The minimum absolute atomic E-state index is 0.0219. The molecule has 93 heavy (non-hydrogen) atoms. The number of carbonyl (C=O) groups excluding carboxylic acids is 8. The summed E-state index contributed by atoms with van der Waals surface area (Å²) in [5.41, 5.74) is 6.29. The molecule has 2 unspecified atom stereocenters. The van der Waals surface area contributed by atoms with E-state index >= 15 is 0 Å². The van der Waals surface area contributed by atoms with Crippen LogP contribution in [0.25, 0.3) is 0 Å². The SMILES string of the molecule is CCC(=O)CCCCC[C@H](NCC(=O)CCc1cnc[nH]1)C(N)=O.CCOCCNC(=O)CCC(CC(=O)CCC(CC(=O)CCCCCCCCCCCNC(=O)CCCS(=O)(=O)NC(=O)CCCCCCCCCCCCCCCc1nn[nH]n1)C(=O)O)C(=O)O. The van der Waals surface area contributed by atoms with Crippen molar-refractivity contribution in [3.8, 4) is 0 Å². The molecule has 26 nitrogen and oxygen atoms in total. The number of rotatable bonds is 63. The molecule has 0 saturated heterocycles. The van der Waals surface area contributed by atoms with E-state index in [-0.39, 0.29) is 106 Å². The lowest BCUT2D eigenvalue weighted by molar-refractivity contribution is -0.145. The largest absolute Gasteiger partial charge is 0.481 e. The van der Waals surface area contributed by atoms with E-state index in [4.69, 9.17) is 10.5 Å². The average molecular weight is 1330 g/mol. The van der Waals surface area contributed by atoms with Crippen LogP contribution in [-0.4, -0.2) is 153 Å². The second-order valence-electron chi connectivity index (χ2n) is 24.3. The molecule has 0 aliphatic carbocycles. The smallest absolute Gasteiger partial charge is 0.306 e. The zero-order chi connectivity index (χ0) is 68.6. The molecule has 0 fully saturated rings. The van der Waals surface area contributed by atoms with E-state index in [2.05, 4.69) is 51.3 Å². The molecule has 0 saturated carbocycles. The van der Waals surface area contributed by atoms with Crippen molar-refractivity contribution in [2.24, 2.45) is 17.6 Å². The second-order valence-corrected chi connectivity index (χ2v) is 26.1. The van der Waals surface area contributed by atoms with Gasteiger partial charge in [0, 0.05) is 102 Å². The topological polar surface area (TPSA) is 412 Å². The Morgan fingerprint density at radius 1 is 0.548 bits per heavy atom. The maximum atomic E-state index is 12.5. The number of aromatic nitrogens is 6. The third-order valence-corrected chi connectivity index (χ3v) is 17.5. The molecule has 530 valence electrons. The molecule has 0 radical (unpaired) electrons. The van der Waals surface area contributed by atoms with Crippen molar-refractivity contribution < 1.29 is 71.3 Å². The van der Waals surface area contributed by atoms with E-state index in [1.54, 1.807) is 12.5 Å². The van der Waals surface area contributed by atoms with E-state index in [0.29, 0.717) is 71.2 Å². The fourth-order valence-corrected chi connectivity index (χ4v) is 11.5. The number of H-pyrrole nitrogens is 2. The minimum atomic E-state index is -3.78. The Kier molecular flexibility index (Phi) is 51.0. The fraction of sp³-hybridized carbons (Fsp3) is 0.788. The Bertz CT molecular complexity index is 2480. The Morgan fingerprint density at radius 3 is 1.59 bits per heavy atom. The van der Waals surface area contributed by atoms with Crippen molar-refractivity contribution in [3.05, 3.63) is 24.0 Å². The summed E-state index contributed by atoms with van der Waals surface area (Å²) in [5, 5.41) is 41.5. The van der Waals surface area contributed by atoms with Gasteiger partial charge in [0.05, 0.1) is 43.1 Å². The predicted octanol–water partition coefficient (Wildman–Crippen LogP) is 8.76. The third-order valence-electron chi connectivity index (χ3n) is 16.1. The Hall–Kier alpha value is -6.35. The van der Waals surface area contributed by atoms with Crippen molar-refractivity contribution in [2.75, 3.05) is 38.6 Å². The van der Waals surface area contributed by atoms with Crippen molar-refractivity contribution in [1.29, 1.82) is 0 Å². The number of carboxylic acids is 2. The molecule has 2 heterocycles. The van der Waals surface area contributed by atoms with Crippen molar-refractivity contribution in [2.45, 2.75) is 283 Å². The molecule has 2 rings (SSSR count). The molecule has 0 bridgehead atoms. The number of aryl methyl sites for hydroxylation is 2. The number of carbonyl (C=O) groups is 10. The predicted molar refractivity (Wildman–Crippen MR) is 354 cm³/mol. The van der Waals surface area contributed by atoms with Gasteiger partial charge in [-0.1, -0.05) is 141 Å². The summed E-state index contributed by atoms with van der Waals surface area (Å²) in [5.74, 6) is -5.71. The number of primary amides is 1. The molecule has 0 aliphatic heterocycles. The number of aliphatic carboxylic acids is 2. The highest BCUT2D eigenvalue weighted by molar-refractivity contribution is 7.90. The maximum absolute atomic E-state index is 12.5. The molecule has 3 atom stereocenters. The van der Waals surface area contributed by atoms with Gasteiger partial charge in [0.15, 0.2) is 5.82 Å². The number of Topliss-reactive ketones (excluding diaryl/α,β-unsaturated/α-hetero) is 4. The van der Waals surface area contributed by atoms with Crippen molar-refractivity contribution >= 4 is 68.7 Å². The molecule has 0 aromatic carbocycles. The number of ether oxygens (including phenoxy) is 1. The van der Waals surface area contributed by atoms with Gasteiger partial charge in [-0.25, -0.2) is 13.4 Å². The first-order valence-electron chi connectivity index (χ1n) is 34.6. The molecule has 10 N–H and O–H groups in total. The highest BCUT2D eigenvalue weighted by atomic mass is 32.2. The standard InChI is InChI=1S/C49H87N7O12S.C17H28N4O3/c1-2-68-36-35-51-46(60)33-31-41(49(64)65)39-43(58)32-30-40(48(62)63)38-42(57)26-21-17-13-9-8-12-16-20-24-34-50-45(59)29-25-37-69(66,67)54-47(61)28-23-19-15-11-7-5-3-4-6-10-14-18-22-27-44-52-55-56-53-44;1-2-14(22)6-4-3-5-7-16(17(18)24)20-11-15(23)9-8-13-10-19-12-21-13/h40-41H,2-39H2,1H3,(H,50,59)(H,51,60)(H,54,61)(H,62,63)(H,64,65)(H,52,53,55,56);10,12,16,20H,2-9,11H2,1H3,(H2,18,24)(H,19,21)/t;16-/m.0/s1. The van der Waals surface area contributed by atoms with E-state index in [1.165, 1.54) is 51.4 Å². The van der Waals surface area contributed by atoms with Crippen molar-refractivity contribution in [3.63, 3.8) is 0 Å². The van der Waals surface area contributed by atoms with Gasteiger partial charge in [-0.2, -0.15) is 5.21 Å². The summed E-state index contributed by atoms with van der Waals surface area (Å²) in [6, 6.07) is -0.497. The zero-order valence-electron chi connectivity index (χ0n) is 56.1. The lowest BCUT2D eigenvalue weighted by atomic mass is 9.90. The van der Waals surface area contributed by atoms with Gasteiger partial charge in [0.2, 0.25) is 33.7 Å². The number of nitrogens with two attached hydrogens (primary N) is 1. The number of unbranched alkanes of at least 4 members (excludes halogenated alkanes) is 22. The van der Waals surface area contributed by atoms with E-state index < -0.39 is 57.4 Å². The number of ketones is 4. The number of amides is 4. The normalized spacial score (nSPS) is 12.2. The number of hydrogen-bond acceptors (Lipinski definition) is 18. The average Bonchev–Trinajstić information content (AvgIpc) is 3.13. The highest BCUT2D eigenvalue weighted by Gasteiger charge is 2.26. The monoisotopic (exact) mass is 1330 g/mol. The van der Waals surface area contributed by atoms with Crippen LogP contribution in [0.2, 0.25) is 0 Å². The Balaban J connectivity index is 0.00000150. The van der Waals surface area contributed by atoms with Gasteiger partial charge in [-0.3, -0.25) is 58.0 Å². The number of nitrogens with one attached hydrogen (secondary N) is 6. The Labute approximate surface area is 552 Å². The summed E-state index contributed by atoms with van der Waals surface area (Å²) in [6.45, 7) is 5.50. The van der Waals surface area contributed by atoms with E-state index in [9.17, 15) is 66.6 Å². The number of imidazole rings is 1. The maximum Gasteiger partial charge on any atom is 0.306 e. The quantitative estimate of drug-likeness (QED) is 0.0279.